The first-order valence-electron chi connectivity index (χ1n) is 12.3. The normalized spacial score (nSPS) is 14.7. The molecule has 1 aliphatic rings. The zero-order chi connectivity index (χ0) is 27.8. The summed E-state index contributed by atoms with van der Waals surface area (Å²) in [7, 11) is 0. The van der Waals surface area contributed by atoms with Gasteiger partial charge >= 0.3 is 6.18 Å². The minimum atomic E-state index is -4.50. The quantitative estimate of drug-likeness (QED) is 0.276. The van der Waals surface area contributed by atoms with E-state index in [-0.39, 0.29) is 28.3 Å². The van der Waals surface area contributed by atoms with Crippen molar-refractivity contribution in [3.8, 4) is 11.3 Å². The van der Waals surface area contributed by atoms with Crippen molar-refractivity contribution in [1.82, 2.24) is 15.5 Å². The van der Waals surface area contributed by atoms with Crippen LogP contribution in [0.15, 0.2) is 70.8 Å². The van der Waals surface area contributed by atoms with Crippen molar-refractivity contribution < 1.29 is 31.9 Å². The van der Waals surface area contributed by atoms with Gasteiger partial charge in [0.05, 0.1) is 18.8 Å². The molecule has 4 rings (SSSR count). The molecule has 1 aromatic heterocycles. The molecule has 7 nitrogen and oxygen atoms in total. The van der Waals surface area contributed by atoms with E-state index in [1.807, 2.05) is 0 Å². The van der Waals surface area contributed by atoms with Crippen LogP contribution in [0.5, 0.6) is 0 Å². The molecule has 11 heteroatoms. The SMILES string of the molecule is O=C(NCCCN1CCOCC1)C(=Cc1ccc(-c2cccc(C(F)(F)F)c2)o1)NC(=O)c1ccc(Cl)cc1. The number of carbonyl (C=O) groups is 2. The third kappa shape index (κ3) is 8.19. The number of alkyl halides is 3. The molecule has 39 heavy (non-hydrogen) atoms. The number of halogens is 4. The Morgan fingerprint density at radius 3 is 2.49 bits per heavy atom. The molecule has 2 aromatic carbocycles. The molecular weight excluding hydrogens is 535 g/mol. The molecule has 1 aliphatic heterocycles. The maximum atomic E-state index is 13.1. The van der Waals surface area contributed by atoms with Crippen molar-refractivity contribution in [3.63, 3.8) is 0 Å². The summed E-state index contributed by atoms with van der Waals surface area (Å²) in [6.07, 6.45) is -2.46. The highest BCUT2D eigenvalue weighted by Gasteiger charge is 2.30. The largest absolute Gasteiger partial charge is 0.457 e. The van der Waals surface area contributed by atoms with Gasteiger partial charge in [-0.25, -0.2) is 0 Å². The Labute approximate surface area is 228 Å². The second-order valence-corrected chi connectivity index (χ2v) is 9.30. The van der Waals surface area contributed by atoms with Crippen molar-refractivity contribution in [1.29, 1.82) is 0 Å². The van der Waals surface area contributed by atoms with Crippen LogP contribution in [0.3, 0.4) is 0 Å². The summed E-state index contributed by atoms with van der Waals surface area (Å²) in [5.74, 6) is -0.707. The van der Waals surface area contributed by atoms with Crippen LogP contribution in [0.4, 0.5) is 13.2 Å². The Balaban J connectivity index is 1.50. The van der Waals surface area contributed by atoms with Gasteiger partial charge < -0.3 is 19.8 Å². The predicted octanol–water partition coefficient (Wildman–Crippen LogP) is 5.23. The number of nitrogens with zero attached hydrogens (tertiary/aromatic N) is 1. The van der Waals surface area contributed by atoms with E-state index in [1.54, 1.807) is 12.1 Å². The van der Waals surface area contributed by atoms with Gasteiger partial charge in [-0.05, 0) is 61.5 Å². The standard InChI is InChI=1S/C28H27ClF3N3O4/c29-22-7-5-19(6-8-22)26(36)34-24(27(37)33-11-2-12-35-13-15-38-16-14-35)18-23-9-10-25(39-23)20-3-1-4-21(17-20)28(30,31)32/h1,3-10,17-18H,2,11-16H2,(H,33,37)(H,34,36). The lowest BCUT2D eigenvalue weighted by atomic mass is 10.1. The first kappa shape index (κ1) is 28.4. The van der Waals surface area contributed by atoms with E-state index in [9.17, 15) is 22.8 Å². The van der Waals surface area contributed by atoms with E-state index in [0.29, 0.717) is 31.2 Å². The van der Waals surface area contributed by atoms with E-state index >= 15 is 0 Å². The lowest BCUT2D eigenvalue weighted by molar-refractivity contribution is -0.137. The molecule has 206 valence electrons. The van der Waals surface area contributed by atoms with Gasteiger partial charge in [-0.15, -0.1) is 0 Å². The fourth-order valence-corrected chi connectivity index (χ4v) is 4.08. The molecule has 3 aromatic rings. The van der Waals surface area contributed by atoms with Crippen LogP contribution >= 0.6 is 11.6 Å². The first-order chi connectivity index (χ1) is 18.7. The summed E-state index contributed by atoms with van der Waals surface area (Å²) >= 11 is 5.90. The van der Waals surface area contributed by atoms with Gasteiger partial charge in [0.2, 0.25) is 0 Å². The van der Waals surface area contributed by atoms with Crippen molar-refractivity contribution in [3.05, 3.63) is 88.3 Å². The molecule has 1 saturated heterocycles. The summed E-state index contributed by atoms with van der Waals surface area (Å²) < 4.78 is 50.4. The van der Waals surface area contributed by atoms with Crippen molar-refractivity contribution in [2.24, 2.45) is 0 Å². The average molecular weight is 562 g/mol. The Kier molecular flexibility index (Phi) is 9.45. The van der Waals surface area contributed by atoms with Gasteiger partial charge in [-0.3, -0.25) is 14.5 Å². The maximum Gasteiger partial charge on any atom is 0.416 e. The number of rotatable bonds is 9. The first-order valence-corrected chi connectivity index (χ1v) is 12.7. The van der Waals surface area contributed by atoms with E-state index in [2.05, 4.69) is 15.5 Å². The molecule has 0 radical (unpaired) electrons. The number of furan rings is 1. The highest BCUT2D eigenvalue weighted by molar-refractivity contribution is 6.30. The number of morpholine rings is 1. The second kappa shape index (κ2) is 13.0. The number of amides is 2. The molecule has 2 amide bonds. The predicted molar refractivity (Wildman–Crippen MR) is 141 cm³/mol. The van der Waals surface area contributed by atoms with Gasteiger partial charge in [-0.2, -0.15) is 13.2 Å². The fraction of sp³-hybridized carbons (Fsp3) is 0.286. The number of hydrogen-bond acceptors (Lipinski definition) is 5. The second-order valence-electron chi connectivity index (χ2n) is 8.86. The zero-order valence-electron chi connectivity index (χ0n) is 20.9. The highest BCUT2D eigenvalue weighted by Crippen LogP contribution is 2.32. The number of carbonyl (C=O) groups excluding carboxylic acids is 2. The van der Waals surface area contributed by atoms with Gasteiger partial charge in [0.1, 0.15) is 17.2 Å². The van der Waals surface area contributed by atoms with Gasteiger partial charge in [0, 0.05) is 41.9 Å². The summed E-state index contributed by atoms with van der Waals surface area (Å²) in [5, 5.41) is 5.86. The highest BCUT2D eigenvalue weighted by atomic mass is 35.5. The van der Waals surface area contributed by atoms with Crippen molar-refractivity contribution >= 4 is 29.5 Å². The monoisotopic (exact) mass is 561 g/mol. The van der Waals surface area contributed by atoms with Crippen LogP contribution in [0.1, 0.15) is 28.1 Å². The van der Waals surface area contributed by atoms with Gasteiger partial charge in [0.15, 0.2) is 0 Å². The Morgan fingerprint density at radius 1 is 1.03 bits per heavy atom. The Hall–Kier alpha value is -3.60. The van der Waals surface area contributed by atoms with Crippen LogP contribution in [-0.2, 0) is 15.7 Å². The minimum Gasteiger partial charge on any atom is -0.457 e. The zero-order valence-corrected chi connectivity index (χ0v) is 21.6. The van der Waals surface area contributed by atoms with E-state index in [1.165, 1.54) is 42.5 Å². The molecule has 0 atom stereocenters. The molecule has 1 fully saturated rings. The lowest BCUT2D eigenvalue weighted by Gasteiger charge is -2.26. The molecule has 0 aliphatic carbocycles. The van der Waals surface area contributed by atoms with E-state index in [0.717, 1.165) is 31.8 Å². The van der Waals surface area contributed by atoms with Gasteiger partial charge in [-0.1, -0.05) is 23.7 Å². The summed E-state index contributed by atoms with van der Waals surface area (Å²) in [6, 6.07) is 13.9. The van der Waals surface area contributed by atoms with Crippen molar-refractivity contribution in [2.75, 3.05) is 39.4 Å². The fourth-order valence-electron chi connectivity index (χ4n) is 3.96. The van der Waals surface area contributed by atoms with E-state index in [4.69, 9.17) is 20.8 Å². The Morgan fingerprint density at radius 2 is 1.77 bits per heavy atom. The molecule has 0 bridgehead atoms. The number of ether oxygens (including phenoxy) is 1. The molecular formula is C28H27ClF3N3O4. The molecule has 2 heterocycles. The van der Waals surface area contributed by atoms with Crippen LogP contribution in [0, 0.1) is 0 Å². The summed E-state index contributed by atoms with van der Waals surface area (Å²) in [5.41, 5.74) is -0.370. The van der Waals surface area contributed by atoms with Crippen LogP contribution in [0.25, 0.3) is 17.4 Å². The molecule has 0 spiro atoms. The number of benzene rings is 2. The Bertz CT molecular complexity index is 1320. The molecule has 2 N–H and O–H groups in total. The number of hydrogen-bond donors (Lipinski definition) is 2. The number of nitrogens with one attached hydrogen (secondary N) is 2. The van der Waals surface area contributed by atoms with E-state index < -0.39 is 23.6 Å². The molecule has 0 saturated carbocycles. The third-order valence-electron chi connectivity index (χ3n) is 6.03. The third-order valence-corrected chi connectivity index (χ3v) is 6.28. The summed E-state index contributed by atoms with van der Waals surface area (Å²) in [6.45, 7) is 4.20. The van der Waals surface area contributed by atoms with Crippen LogP contribution in [-0.4, -0.2) is 56.1 Å². The minimum absolute atomic E-state index is 0.0775. The van der Waals surface area contributed by atoms with Crippen LogP contribution in [0.2, 0.25) is 5.02 Å². The topological polar surface area (TPSA) is 83.8 Å². The van der Waals surface area contributed by atoms with Crippen LogP contribution < -0.4 is 10.6 Å². The maximum absolute atomic E-state index is 13.1. The smallest absolute Gasteiger partial charge is 0.416 e. The lowest BCUT2D eigenvalue weighted by Crippen LogP contribution is -2.39. The average Bonchev–Trinajstić information content (AvgIpc) is 3.40. The van der Waals surface area contributed by atoms with Crippen molar-refractivity contribution in [2.45, 2.75) is 12.6 Å². The molecule has 0 unspecified atom stereocenters. The van der Waals surface area contributed by atoms with Gasteiger partial charge in [0.25, 0.3) is 11.8 Å². The summed E-state index contributed by atoms with van der Waals surface area (Å²) in [4.78, 5) is 28.1.